The average molecular weight is 312 g/mol. The van der Waals surface area contributed by atoms with Crippen molar-refractivity contribution in [2.45, 2.75) is 17.4 Å². The predicted octanol–water partition coefficient (Wildman–Crippen LogP) is 3.62. The summed E-state index contributed by atoms with van der Waals surface area (Å²) >= 11 is 12.3. The lowest BCUT2D eigenvalue weighted by molar-refractivity contribution is -0.112. The minimum atomic E-state index is -1.10. The molecule has 0 aliphatic heterocycles. The Kier molecular flexibility index (Phi) is 4.53. The third-order valence-electron chi connectivity index (χ3n) is 3.16. The predicted molar refractivity (Wildman–Crippen MR) is 82.3 cm³/mol. The first-order valence-electron chi connectivity index (χ1n) is 6.12. The van der Waals surface area contributed by atoms with Crippen molar-refractivity contribution in [2.24, 2.45) is 0 Å². The molecule has 1 aromatic rings. The molecule has 0 saturated carbocycles. The molecule has 1 amide bonds. The maximum atomic E-state index is 12.2. The second-order valence-electron chi connectivity index (χ2n) is 4.53. The smallest absolute Gasteiger partial charge is 0.255 e. The van der Waals surface area contributed by atoms with Crippen LogP contribution in [-0.2, 0) is 9.53 Å². The zero-order chi connectivity index (χ0) is 14.8. The summed E-state index contributed by atoms with van der Waals surface area (Å²) in [5.74, 6) is -0.226. The molecule has 0 fully saturated rings. The van der Waals surface area contributed by atoms with Crippen molar-refractivity contribution in [1.82, 2.24) is 0 Å². The molecule has 1 aliphatic rings. The van der Waals surface area contributed by atoms with Gasteiger partial charge in [-0.2, -0.15) is 0 Å². The summed E-state index contributed by atoms with van der Waals surface area (Å²) in [4.78, 5) is 12.2. The Morgan fingerprint density at radius 2 is 2.10 bits per heavy atom. The standard InChI is InChI=1S/C15H15Cl2NO2/c1-10-5-3-4-6-12(10)18-14(19)11-7-8-15(17,20-2)13(16)9-11/h3-9,13H,1-2H3,(H,18,19). The van der Waals surface area contributed by atoms with Crippen LogP contribution in [0.25, 0.3) is 0 Å². The number of benzene rings is 1. The van der Waals surface area contributed by atoms with Crippen molar-refractivity contribution in [3.63, 3.8) is 0 Å². The second-order valence-corrected chi connectivity index (χ2v) is 5.59. The quantitative estimate of drug-likeness (QED) is 0.866. The number of rotatable bonds is 3. The van der Waals surface area contributed by atoms with Gasteiger partial charge in [-0.05, 0) is 36.8 Å². The fraction of sp³-hybridized carbons (Fsp3) is 0.267. The molecule has 106 valence electrons. The third kappa shape index (κ3) is 3.06. The number of para-hydroxylation sites is 1. The molecule has 20 heavy (non-hydrogen) atoms. The highest BCUT2D eigenvalue weighted by Crippen LogP contribution is 2.33. The molecule has 1 aliphatic carbocycles. The van der Waals surface area contributed by atoms with E-state index in [9.17, 15) is 4.79 Å². The molecule has 0 heterocycles. The van der Waals surface area contributed by atoms with E-state index >= 15 is 0 Å². The number of amides is 1. The van der Waals surface area contributed by atoms with Gasteiger partial charge in [-0.1, -0.05) is 29.8 Å². The molecule has 3 nitrogen and oxygen atoms in total. The summed E-state index contributed by atoms with van der Waals surface area (Å²) in [7, 11) is 1.47. The first kappa shape index (κ1) is 15.1. The van der Waals surface area contributed by atoms with E-state index in [1.807, 2.05) is 31.2 Å². The maximum Gasteiger partial charge on any atom is 0.255 e. The van der Waals surface area contributed by atoms with E-state index in [0.717, 1.165) is 11.3 Å². The number of nitrogens with one attached hydrogen (secondary N) is 1. The van der Waals surface area contributed by atoms with E-state index in [2.05, 4.69) is 5.32 Å². The number of ether oxygens (including phenoxy) is 1. The van der Waals surface area contributed by atoms with Crippen LogP contribution in [0.3, 0.4) is 0 Å². The number of anilines is 1. The molecule has 1 N–H and O–H groups in total. The van der Waals surface area contributed by atoms with Gasteiger partial charge in [0.1, 0.15) is 0 Å². The van der Waals surface area contributed by atoms with Crippen LogP contribution < -0.4 is 5.32 Å². The van der Waals surface area contributed by atoms with Gasteiger partial charge >= 0.3 is 0 Å². The second kappa shape index (κ2) is 6.00. The van der Waals surface area contributed by atoms with Crippen molar-refractivity contribution in [3.8, 4) is 0 Å². The fourth-order valence-corrected chi connectivity index (χ4v) is 2.29. The van der Waals surface area contributed by atoms with Gasteiger partial charge in [-0.15, -0.1) is 11.6 Å². The number of halogens is 2. The van der Waals surface area contributed by atoms with Crippen molar-refractivity contribution in [3.05, 3.63) is 53.6 Å². The van der Waals surface area contributed by atoms with Crippen LogP contribution in [0.1, 0.15) is 5.56 Å². The summed E-state index contributed by atoms with van der Waals surface area (Å²) in [5, 5.41) is 1.13. The van der Waals surface area contributed by atoms with Gasteiger partial charge in [0.05, 0.1) is 5.38 Å². The number of methoxy groups -OCH3 is 1. The Morgan fingerprint density at radius 3 is 2.70 bits per heavy atom. The minimum absolute atomic E-state index is 0.226. The largest absolute Gasteiger partial charge is 0.357 e. The van der Waals surface area contributed by atoms with Crippen molar-refractivity contribution in [1.29, 1.82) is 0 Å². The minimum Gasteiger partial charge on any atom is -0.357 e. The molecular formula is C15H15Cl2NO2. The van der Waals surface area contributed by atoms with Crippen molar-refractivity contribution >= 4 is 34.8 Å². The molecule has 1 aromatic carbocycles. The lowest BCUT2D eigenvalue weighted by Crippen LogP contribution is -2.34. The molecule has 2 unspecified atom stereocenters. The van der Waals surface area contributed by atoms with Crippen LogP contribution in [-0.4, -0.2) is 23.5 Å². The Morgan fingerprint density at radius 1 is 1.40 bits per heavy atom. The topological polar surface area (TPSA) is 38.3 Å². The number of hydrogen-bond acceptors (Lipinski definition) is 2. The van der Waals surface area contributed by atoms with Gasteiger partial charge in [-0.25, -0.2) is 0 Å². The SMILES string of the molecule is COC1(Cl)C=CC(C(=O)Nc2ccccc2C)=CC1Cl. The molecule has 0 saturated heterocycles. The van der Waals surface area contributed by atoms with E-state index in [0.29, 0.717) is 5.57 Å². The van der Waals surface area contributed by atoms with Crippen molar-refractivity contribution < 1.29 is 9.53 Å². The van der Waals surface area contributed by atoms with E-state index in [-0.39, 0.29) is 5.91 Å². The first-order chi connectivity index (χ1) is 9.46. The van der Waals surface area contributed by atoms with Crippen LogP contribution in [0, 0.1) is 6.92 Å². The average Bonchev–Trinajstić information content (AvgIpc) is 2.44. The zero-order valence-corrected chi connectivity index (χ0v) is 12.7. The molecule has 0 radical (unpaired) electrons. The highest BCUT2D eigenvalue weighted by Gasteiger charge is 2.35. The lowest BCUT2D eigenvalue weighted by Gasteiger charge is -2.28. The van der Waals surface area contributed by atoms with E-state index < -0.39 is 10.4 Å². The summed E-state index contributed by atoms with van der Waals surface area (Å²) in [6, 6.07) is 7.56. The van der Waals surface area contributed by atoms with Crippen LogP contribution >= 0.6 is 23.2 Å². The highest BCUT2D eigenvalue weighted by molar-refractivity contribution is 6.34. The Balaban J connectivity index is 2.14. The number of hydrogen-bond donors (Lipinski definition) is 1. The van der Waals surface area contributed by atoms with Gasteiger partial charge in [0, 0.05) is 18.4 Å². The van der Waals surface area contributed by atoms with Gasteiger partial charge in [0.15, 0.2) is 5.06 Å². The molecule has 2 atom stereocenters. The summed E-state index contributed by atoms with van der Waals surface area (Å²) in [6.45, 7) is 1.93. The monoisotopic (exact) mass is 311 g/mol. The van der Waals surface area contributed by atoms with Crippen LogP contribution in [0.5, 0.6) is 0 Å². The Bertz CT molecular complexity index is 583. The number of carbonyl (C=O) groups is 1. The van der Waals surface area contributed by atoms with Gasteiger partial charge in [0.25, 0.3) is 5.91 Å². The Labute approximate surface area is 128 Å². The zero-order valence-electron chi connectivity index (χ0n) is 11.2. The first-order valence-corrected chi connectivity index (χ1v) is 6.94. The molecular weight excluding hydrogens is 297 g/mol. The van der Waals surface area contributed by atoms with Crippen LogP contribution in [0.4, 0.5) is 5.69 Å². The van der Waals surface area contributed by atoms with Crippen molar-refractivity contribution in [2.75, 3.05) is 12.4 Å². The van der Waals surface area contributed by atoms with E-state index in [1.54, 1.807) is 18.2 Å². The van der Waals surface area contributed by atoms with Gasteiger partial charge in [0.2, 0.25) is 0 Å². The third-order valence-corrected chi connectivity index (χ3v) is 4.24. The lowest BCUT2D eigenvalue weighted by atomic mass is 10.0. The van der Waals surface area contributed by atoms with E-state index in [4.69, 9.17) is 27.9 Å². The van der Waals surface area contributed by atoms with Crippen LogP contribution in [0.2, 0.25) is 0 Å². The number of carbonyl (C=O) groups excluding carboxylic acids is 1. The number of alkyl halides is 2. The molecule has 2 rings (SSSR count). The Hall–Kier alpha value is -1.29. The van der Waals surface area contributed by atoms with E-state index in [1.165, 1.54) is 7.11 Å². The normalized spacial score (nSPS) is 25.2. The maximum absolute atomic E-state index is 12.2. The summed E-state index contributed by atoms with van der Waals surface area (Å²) in [5.41, 5.74) is 2.22. The fourth-order valence-electron chi connectivity index (χ4n) is 1.86. The molecule has 0 spiro atoms. The highest BCUT2D eigenvalue weighted by atomic mass is 35.5. The molecule has 5 heteroatoms. The number of aryl methyl sites for hydroxylation is 1. The van der Waals surface area contributed by atoms with Crippen LogP contribution in [0.15, 0.2) is 48.1 Å². The molecule has 0 bridgehead atoms. The summed E-state index contributed by atoms with van der Waals surface area (Å²) < 4.78 is 5.13. The van der Waals surface area contributed by atoms with Gasteiger partial charge in [-0.3, -0.25) is 4.79 Å². The summed E-state index contributed by atoms with van der Waals surface area (Å²) in [6.07, 6.45) is 4.79. The van der Waals surface area contributed by atoms with Gasteiger partial charge < -0.3 is 10.1 Å². The molecule has 0 aromatic heterocycles.